The number of thioether (sulfide) groups is 1. The highest BCUT2D eigenvalue weighted by Gasteiger charge is 2.34. The molecular formula is C15H17FN2O2S. The van der Waals surface area contributed by atoms with Crippen LogP contribution in [0.25, 0.3) is 0 Å². The molecule has 1 atom stereocenters. The fourth-order valence-corrected chi connectivity index (χ4v) is 3.62. The van der Waals surface area contributed by atoms with E-state index < -0.39 is 0 Å². The summed E-state index contributed by atoms with van der Waals surface area (Å²) in [5.41, 5.74) is 0.510. The molecule has 0 bridgehead atoms. The van der Waals surface area contributed by atoms with Gasteiger partial charge in [0, 0.05) is 24.6 Å². The van der Waals surface area contributed by atoms with Crippen molar-refractivity contribution in [1.29, 1.82) is 0 Å². The maximum atomic E-state index is 13.9. The first kappa shape index (κ1) is 14.4. The van der Waals surface area contributed by atoms with E-state index in [2.05, 4.69) is 5.32 Å². The Kier molecular flexibility index (Phi) is 4.14. The zero-order chi connectivity index (χ0) is 14.8. The Hall–Kier alpha value is -1.56. The summed E-state index contributed by atoms with van der Waals surface area (Å²) in [6.07, 6.45) is 2.36. The molecule has 1 N–H and O–H groups in total. The van der Waals surface area contributed by atoms with E-state index >= 15 is 0 Å². The second kappa shape index (κ2) is 6.05. The van der Waals surface area contributed by atoms with E-state index in [1.165, 1.54) is 17.8 Å². The molecule has 1 aromatic rings. The third kappa shape index (κ3) is 3.37. The van der Waals surface area contributed by atoms with E-state index in [-0.39, 0.29) is 29.4 Å². The topological polar surface area (TPSA) is 49.4 Å². The smallest absolute Gasteiger partial charge is 0.233 e. The molecule has 1 saturated heterocycles. The fraction of sp³-hybridized carbons (Fsp3) is 0.467. The van der Waals surface area contributed by atoms with Crippen LogP contribution in [-0.2, 0) is 9.59 Å². The van der Waals surface area contributed by atoms with Crippen molar-refractivity contribution >= 4 is 23.6 Å². The van der Waals surface area contributed by atoms with Crippen LogP contribution >= 0.6 is 11.8 Å². The van der Waals surface area contributed by atoms with Crippen molar-refractivity contribution in [3.63, 3.8) is 0 Å². The number of benzene rings is 1. The van der Waals surface area contributed by atoms with Crippen LogP contribution in [0.1, 0.15) is 30.2 Å². The summed E-state index contributed by atoms with van der Waals surface area (Å²) in [6.45, 7) is 0.337. The molecule has 2 amide bonds. The number of amides is 2. The normalized spacial score (nSPS) is 21.7. The Balaban J connectivity index is 1.65. The van der Waals surface area contributed by atoms with Crippen LogP contribution in [0.15, 0.2) is 24.3 Å². The predicted octanol–water partition coefficient (Wildman–Crippen LogP) is 2.07. The number of hydrogen-bond acceptors (Lipinski definition) is 3. The molecule has 1 aliphatic carbocycles. The van der Waals surface area contributed by atoms with Gasteiger partial charge in [-0.05, 0) is 18.9 Å². The standard InChI is InChI=1S/C15H17FN2O2S/c16-12-4-2-1-3-11(12)15-18(14(20)9-21-15)8-7-13(19)17-10-5-6-10/h1-4,10,15H,5-9H2,(H,17,19)/t15-/m1/s1. The van der Waals surface area contributed by atoms with E-state index in [0.29, 0.717) is 23.9 Å². The fourth-order valence-electron chi connectivity index (χ4n) is 2.38. The van der Waals surface area contributed by atoms with E-state index in [9.17, 15) is 14.0 Å². The second-order valence-corrected chi connectivity index (χ2v) is 6.43. The van der Waals surface area contributed by atoms with Crippen LogP contribution in [-0.4, -0.2) is 35.1 Å². The average molecular weight is 308 g/mol. The molecule has 1 heterocycles. The van der Waals surface area contributed by atoms with Gasteiger partial charge in [-0.25, -0.2) is 4.39 Å². The largest absolute Gasteiger partial charge is 0.353 e. The van der Waals surface area contributed by atoms with Crippen LogP contribution in [0.4, 0.5) is 4.39 Å². The van der Waals surface area contributed by atoms with Gasteiger partial charge < -0.3 is 10.2 Å². The summed E-state index contributed by atoms with van der Waals surface area (Å²) in [4.78, 5) is 25.3. The van der Waals surface area contributed by atoms with Crippen LogP contribution in [0.5, 0.6) is 0 Å². The molecule has 0 aromatic heterocycles. The summed E-state index contributed by atoms with van der Waals surface area (Å²) in [6, 6.07) is 6.82. The van der Waals surface area contributed by atoms with Crippen LogP contribution < -0.4 is 5.32 Å². The first-order valence-electron chi connectivity index (χ1n) is 7.10. The van der Waals surface area contributed by atoms with Crippen LogP contribution in [0.2, 0.25) is 0 Å². The van der Waals surface area contributed by atoms with Crippen molar-refractivity contribution in [1.82, 2.24) is 10.2 Å². The van der Waals surface area contributed by atoms with Gasteiger partial charge in [-0.15, -0.1) is 11.8 Å². The van der Waals surface area contributed by atoms with Gasteiger partial charge >= 0.3 is 0 Å². The number of hydrogen-bond donors (Lipinski definition) is 1. The Labute approximate surface area is 127 Å². The predicted molar refractivity (Wildman–Crippen MR) is 79.1 cm³/mol. The maximum absolute atomic E-state index is 13.9. The van der Waals surface area contributed by atoms with Gasteiger partial charge in [0.25, 0.3) is 0 Å². The highest BCUT2D eigenvalue weighted by atomic mass is 32.2. The molecule has 1 aromatic carbocycles. The number of nitrogens with one attached hydrogen (secondary N) is 1. The van der Waals surface area contributed by atoms with Gasteiger partial charge in [-0.2, -0.15) is 0 Å². The van der Waals surface area contributed by atoms with Crippen molar-refractivity contribution in [2.24, 2.45) is 0 Å². The molecule has 1 aliphatic heterocycles. The Morgan fingerprint density at radius 2 is 2.14 bits per heavy atom. The first-order chi connectivity index (χ1) is 10.1. The zero-order valence-corrected chi connectivity index (χ0v) is 12.4. The molecule has 0 spiro atoms. The van der Waals surface area contributed by atoms with E-state index in [4.69, 9.17) is 0 Å². The van der Waals surface area contributed by atoms with Crippen molar-refractivity contribution in [2.75, 3.05) is 12.3 Å². The quantitative estimate of drug-likeness (QED) is 0.906. The number of carbonyl (C=O) groups excluding carboxylic acids is 2. The average Bonchev–Trinajstić information content (AvgIpc) is 3.20. The number of nitrogens with zero attached hydrogens (tertiary/aromatic N) is 1. The Morgan fingerprint density at radius 3 is 2.86 bits per heavy atom. The molecule has 6 heteroatoms. The molecule has 2 aliphatic rings. The van der Waals surface area contributed by atoms with Gasteiger partial charge in [0.2, 0.25) is 11.8 Å². The van der Waals surface area contributed by atoms with E-state index in [1.54, 1.807) is 23.1 Å². The lowest BCUT2D eigenvalue weighted by atomic mass is 10.2. The van der Waals surface area contributed by atoms with Gasteiger partial charge in [-0.3, -0.25) is 9.59 Å². The minimum Gasteiger partial charge on any atom is -0.353 e. The van der Waals surface area contributed by atoms with E-state index in [0.717, 1.165) is 12.8 Å². The third-order valence-corrected chi connectivity index (χ3v) is 4.90. The highest BCUT2D eigenvalue weighted by Crippen LogP contribution is 2.39. The SMILES string of the molecule is O=C(CCN1C(=O)CS[C@@H]1c1ccccc1F)NC1CC1. The van der Waals surface area contributed by atoms with Gasteiger partial charge in [0.1, 0.15) is 11.2 Å². The number of halogens is 1. The van der Waals surface area contributed by atoms with Crippen LogP contribution in [0, 0.1) is 5.82 Å². The van der Waals surface area contributed by atoms with Crippen molar-refractivity contribution in [2.45, 2.75) is 30.7 Å². The zero-order valence-electron chi connectivity index (χ0n) is 11.5. The van der Waals surface area contributed by atoms with Crippen LogP contribution in [0.3, 0.4) is 0 Å². The molecular weight excluding hydrogens is 291 g/mol. The molecule has 4 nitrogen and oxygen atoms in total. The summed E-state index contributed by atoms with van der Waals surface area (Å²) in [7, 11) is 0. The molecule has 112 valence electrons. The number of rotatable bonds is 5. The van der Waals surface area contributed by atoms with Crippen molar-refractivity contribution < 1.29 is 14.0 Å². The maximum Gasteiger partial charge on any atom is 0.233 e. The summed E-state index contributed by atoms with van der Waals surface area (Å²) >= 11 is 1.41. The van der Waals surface area contributed by atoms with E-state index in [1.807, 2.05) is 0 Å². The molecule has 0 unspecified atom stereocenters. The Bertz CT molecular complexity index is 562. The highest BCUT2D eigenvalue weighted by molar-refractivity contribution is 8.00. The molecule has 21 heavy (non-hydrogen) atoms. The lowest BCUT2D eigenvalue weighted by molar-refractivity contribution is -0.129. The molecule has 2 fully saturated rings. The van der Waals surface area contributed by atoms with Gasteiger partial charge in [0.05, 0.1) is 5.75 Å². The lowest BCUT2D eigenvalue weighted by Crippen LogP contribution is -2.34. The summed E-state index contributed by atoms with van der Waals surface area (Å²) < 4.78 is 13.9. The summed E-state index contributed by atoms with van der Waals surface area (Å²) in [5, 5.41) is 2.57. The molecule has 3 rings (SSSR count). The minimum absolute atomic E-state index is 0.0329. The molecule has 1 saturated carbocycles. The third-order valence-electron chi connectivity index (χ3n) is 3.66. The molecule has 0 radical (unpaired) electrons. The lowest BCUT2D eigenvalue weighted by Gasteiger charge is -2.24. The van der Waals surface area contributed by atoms with Gasteiger partial charge in [-0.1, -0.05) is 18.2 Å². The van der Waals surface area contributed by atoms with Crippen molar-refractivity contribution in [3.8, 4) is 0 Å². The Morgan fingerprint density at radius 1 is 1.38 bits per heavy atom. The second-order valence-electron chi connectivity index (χ2n) is 5.36. The number of carbonyl (C=O) groups is 2. The first-order valence-corrected chi connectivity index (χ1v) is 8.15. The van der Waals surface area contributed by atoms with Crippen molar-refractivity contribution in [3.05, 3.63) is 35.6 Å². The summed E-state index contributed by atoms with van der Waals surface area (Å²) in [5.74, 6) is -0.0393. The monoisotopic (exact) mass is 308 g/mol. The van der Waals surface area contributed by atoms with Gasteiger partial charge in [0.15, 0.2) is 0 Å². The minimum atomic E-state index is -0.326.